The van der Waals surface area contributed by atoms with Gasteiger partial charge in [0.2, 0.25) is 0 Å². The average Bonchev–Trinajstić information content (AvgIpc) is 2.96. The molecule has 17 heavy (non-hydrogen) atoms. The van der Waals surface area contributed by atoms with Gasteiger partial charge < -0.3 is 14.8 Å². The summed E-state index contributed by atoms with van der Waals surface area (Å²) in [7, 11) is 0. The molecule has 1 aromatic heterocycles. The summed E-state index contributed by atoms with van der Waals surface area (Å²) < 4.78 is 5.15. The predicted octanol–water partition coefficient (Wildman–Crippen LogP) is 1.44. The Kier molecular flexibility index (Phi) is 2.92. The van der Waals surface area contributed by atoms with Gasteiger partial charge in [0, 0.05) is 13.0 Å². The van der Waals surface area contributed by atoms with E-state index in [-0.39, 0.29) is 12.5 Å². The third kappa shape index (κ3) is 2.18. The van der Waals surface area contributed by atoms with Crippen LogP contribution in [0.5, 0.6) is 0 Å². The number of rotatable bonds is 5. The number of carboxylic acid groups (broad SMARTS) is 1. The Labute approximate surface area is 98.8 Å². The molecule has 1 aliphatic rings. The van der Waals surface area contributed by atoms with E-state index >= 15 is 0 Å². The molecule has 1 saturated carbocycles. The zero-order chi connectivity index (χ0) is 12.5. The number of carbonyl (C=O) groups excluding carboxylic acids is 1. The molecule has 0 spiro atoms. The van der Waals surface area contributed by atoms with Gasteiger partial charge in [0.15, 0.2) is 0 Å². The minimum atomic E-state index is -0.833. The number of furan rings is 1. The first-order valence-corrected chi connectivity index (χ1v) is 5.67. The van der Waals surface area contributed by atoms with Crippen molar-refractivity contribution >= 4 is 11.9 Å². The van der Waals surface area contributed by atoms with Crippen LogP contribution in [-0.4, -0.2) is 23.5 Å². The standard InChI is InChI=1S/C12H15NO4/c1-2-9-8(3-6-17-9)10(14)13-7-12(4-5-12)11(15)16/h3,6H,2,4-5,7H2,1H3,(H,13,14)(H,15,16). The van der Waals surface area contributed by atoms with Crippen LogP contribution in [0.3, 0.4) is 0 Å². The highest BCUT2D eigenvalue weighted by atomic mass is 16.4. The number of hydrogen-bond acceptors (Lipinski definition) is 3. The Morgan fingerprint density at radius 3 is 2.76 bits per heavy atom. The largest absolute Gasteiger partial charge is 0.481 e. The van der Waals surface area contributed by atoms with Crippen molar-refractivity contribution in [3.8, 4) is 0 Å². The lowest BCUT2D eigenvalue weighted by Gasteiger charge is -2.10. The number of aliphatic carboxylic acids is 1. The maximum Gasteiger partial charge on any atom is 0.311 e. The highest BCUT2D eigenvalue weighted by molar-refractivity contribution is 5.95. The van der Waals surface area contributed by atoms with Crippen LogP contribution in [-0.2, 0) is 11.2 Å². The molecule has 1 fully saturated rings. The van der Waals surface area contributed by atoms with Gasteiger partial charge in [0.1, 0.15) is 5.76 Å². The molecule has 0 atom stereocenters. The van der Waals surface area contributed by atoms with Crippen molar-refractivity contribution in [2.75, 3.05) is 6.54 Å². The van der Waals surface area contributed by atoms with E-state index in [0.29, 0.717) is 30.6 Å². The molecule has 1 heterocycles. The van der Waals surface area contributed by atoms with Crippen LogP contribution in [0.25, 0.3) is 0 Å². The van der Waals surface area contributed by atoms with Crippen molar-refractivity contribution in [2.45, 2.75) is 26.2 Å². The minimum absolute atomic E-state index is 0.190. The fourth-order valence-corrected chi connectivity index (χ4v) is 1.78. The van der Waals surface area contributed by atoms with Gasteiger partial charge in [-0.3, -0.25) is 9.59 Å². The van der Waals surface area contributed by atoms with Gasteiger partial charge >= 0.3 is 5.97 Å². The van der Waals surface area contributed by atoms with Crippen LogP contribution in [0.4, 0.5) is 0 Å². The summed E-state index contributed by atoms with van der Waals surface area (Å²) in [5.41, 5.74) is -0.236. The van der Waals surface area contributed by atoms with Crippen molar-refractivity contribution in [1.82, 2.24) is 5.32 Å². The normalized spacial score (nSPS) is 16.5. The SMILES string of the molecule is CCc1occc1C(=O)NCC1(C(=O)O)CC1. The lowest BCUT2D eigenvalue weighted by molar-refractivity contribution is -0.143. The van der Waals surface area contributed by atoms with Gasteiger partial charge in [-0.15, -0.1) is 0 Å². The summed E-state index contributed by atoms with van der Waals surface area (Å²) in [6, 6.07) is 1.61. The van der Waals surface area contributed by atoms with E-state index in [1.165, 1.54) is 6.26 Å². The van der Waals surface area contributed by atoms with Crippen molar-refractivity contribution in [1.29, 1.82) is 0 Å². The molecule has 5 heteroatoms. The third-order valence-electron chi connectivity index (χ3n) is 3.21. The fraction of sp³-hybridized carbons (Fsp3) is 0.500. The second-order valence-corrected chi connectivity index (χ2v) is 4.38. The van der Waals surface area contributed by atoms with E-state index in [2.05, 4.69) is 5.32 Å². The van der Waals surface area contributed by atoms with Crippen molar-refractivity contribution in [3.05, 3.63) is 23.7 Å². The maximum absolute atomic E-state index is 11.8. The van der Waals surface area contributed by atoms with E-state index < -0.39 is 11.4 Å². The summed E-state index contributed by atoms with van der Waals surface area (Å²) >= 11 is 0. The summed E-state index contributed by atoms with van der Waals surface area (Å²) in [6.07, 6.45) is 3.38. The van der Waals surface area contributed by atoms with Crippen LogP contribution < -0.4 is 5.32 Å². The molecule has 0 aliphatic heterocycles. The van der Waals surface area contributed by atoms with Crippen LogP contribution in [0.1, 0.15) is 35.9 Å². The second kappa shape index (κ2) is 4.24. The maximum atomic E-state index is 11.8. The van der Waals surface area contributed by atoms with Crippen LogP contribution in [0, 0.1) is 5.41 Å². The lowest BCUT2D eigenvalue weighted by Crippen LogP contribution is -2.34. The summed E-state index contributed by atoms with van der Waals surface area (Å²) in [5, 5.41) is 11.6. The molecule has 1 aromatic rings. The monoisotopic (exact) mass is 237 g/mol. The smallest absolute Gasteiger partial charge is 0.311 e. The van der Waals surface area contributed by atoms with Crippen molar-refractivity contribution in [3.63, 3.8) is 0 Å². The van der Waals surface area contributed by atoms with Gasteiger partial charge in [-0.05, 0) is 18.9 Å². The Balaban J connectivity index is 1.96. The van der Waals surface area contributed by atoms with Crippen molar-refractivity contribution in [2.24, 2.45) is 5.41 Å². The van der Waals surface area contributed by atoms with Gasteiger partial charge in [0.25, 0.3) is 5.91 Å². The van der Waals surface area contributed by atoms with Gasteiger partial charge in [-0.2, -0.15) is 0 Å². The van der Waals surface area contributed by atoms with E-state index in [4.69, 9.17) is 9.52 Å². The third-order valence-corrected chi connectivity index (χ3v) is 3.21. The molecular formula is C12H15NO4. The molecule has 92 valence electrons. The first-order valence-electron chi connectivity index (χ1n) is 5.67. The Hall–Kier alpha value is -1.78. The number of carbonyl (C=O) groups is 2. The predicted molar refractivity (Wildman–Crippen MR) is 59.7 cm³/mol. The zero-order valence-electron chi connectivity index (χ0n) is 9.66. The molecule has 2 N–H and O–H groups in total. The second-order valence-electron chi connectivity index (χ2n) is 4.38. The molecule has 1 amide bonds. The number of nitrogens with one attached hydrogen (secondary N) is 1. The quantitative estimate of drug-likeness (QED) is 0.812. The zero-order valence-corrected chi connectivity index (χ0v) is 9.66. The van der Waals surface area contributed by atoms with Gasteiger partial charge in [0.05, 0.1) is 17.2 Å². The van der Waals surface area contributed by atoms with Crippen molar-refractivity contribution < 1.29 is 19.1 Å². The number of hydrogen-bond donors (Lipinski definition) is 2. The van der Waals surface area contributed by atoms with Crippen LogP contribution >= 0.6 is 0 Å². The first kappa shape index (κ1) is 11.7. The first-order chi connectivity index (χ1) is 8.09. The highest BCUT2D eigenvalue weighted by Gasteiger charge is 2.50. The number of aryl methyl sites for hydroxylation is 1. The topological polar surface area (TPSA) is 79.5 Å². The number of amides is 1. The molecule has 0 radical (unpaired) electrons. The molecule has 0 bridgehead atoms. The van der Waals surface area contributed by atoms with Gasteiger partial charge in [-0.25, -0.2) is 0 Å². The van der Waals surface area contributed by atoms with Gasteiger partial charge in [-0.1, -0.05) is 6.92 Å². The van der Waals surface area contributed by atoms with Crippen LogP contribution in [0.15, 0.2) is 16.7 Å². The van der Waals surface area contributed by atoms with Crippen LogP contribution in [0.2, 0.25) is 0 Å². The Morgan fingerprint density at radius 1 is 1.53 bits per heavy atom. The molecule has 1 aliphatic carbocycles. The minimum Gasteiger partial charge on any atom is -0.481 e. The Morgan fingerprint density at radius 2 is 2.24 bits per heavy atom. The molecule has 0 unspecified atom stereocenters. The van der Waals surface area contributed by atoms with E-state index in [1.807, 2.05) is 6.92 Å². The molecule has 0 aromatic carbocycles. The molecular weight excluding hydrogens is 222 g/mol. The Bertz CT molecular complexity index is 445. The summed E-state index contributed by atoms with van der Waals surface area (Å²) in [5.74, 6) is -0.466. The van der Waals surface area contributed by atoms with E-state index in [1.54, 1.807) is 6.07 Å². The summed E-state index contributed by atoms with van der Waals surface area (Å²) in [4.78, 5) is 22.8. The highest BCUT2D eigenvalue weighted by Crippen LogP contribution is 2.45. The van der Waals surface area contributed by atoms with E-state index in [0.717, 1.165) is 0 Å². The van der Waals surface area contributed by atoms with E-state index in [9.17, 15) is 9.59 Å². The number of carboxylic acids is 1. The molecule has 5 nitrogen and oxygen atoms in total. The fourth-order valence-electron chi connectivity index (χ4n) is 1.78. The lowest BCUT2D eigenvalue weighted by atomic mass is 10.1. The molecule has 2 rings (SSSR count). The summed E-state index contributed by atoms with van der Waals surface area (Å²) in [6.45, 7) is 2.09. The average molecular weight is 237 g/mol. The molecule has 0 saturated heterocycles.